The highest BCUT2D eigenvalue weighted by atomic mass is 35.5. The van der Waals surface area contributed by atoms with E-state index < -0.39 is 0 Å². The molecule has 1 fully saturated rings. The van der Waals surface area contributed by atoms with Gasteiger partial charge in [-0.25, -0.2) is 4.39 Å². The second-order valence-corrected chi connectivity index (χ2v) is 7.97. The molecule has 1 saturated heterocycles. The summed E-state index contributed by atoms with van der Waals surface area (Å²) in [4.78, 5) is 29.0. The van der Waals surface area contributed by atoms with Crippen molar-refractivity contribution >= 4 is 35.2 Å². The number of amides is 2. The van der Waals surface area contributed by atoms with Crippen LogP contribution in [0.1, 0.15) is 45.2 Å². The zero-order valence-electron chi connectivity index (χ0n) is 17.5. The average Bonchev–Trinajstić information content (AvgIpc) is 3.31. The van der Waals surface area contributed by atoms with Crippen LogP contribution < -0.4 is 4.74 Å². The van der Waals surface area contributed by atoms with Crippen LogP contribution in [0.4, 0.5) is 4.39 Å². The van der Waals surface area contributed by atoms with Crippen molar-refractivity contribution in [3.8, 4) is 5.75 Å². The van der Waals surface area contributed by atoms with Crippen molar-refractivity contribution < 1.29 is 23.2 Å². The largest absolute Gasteiger partial charge is 0.496 e. The molecule has 7 nitrogen and oxygen atoms in total. The molecule has 2 amide bonds. The van der Waals surface area contributed by atoms with Gasteiger partial charge < -0.3 is 14.2 Å². The highest BCUT2D eigenvalue weighted by Crippen LogP contribution is 2.33. The second-order valence-electron chi connectivity index (χ2n) is 7.97. The number of likely N-dealkylation sites (tertiary alicyclic amines) is 1. The maximum Gasteiger partial charge on any atom is 0.265 e. The van der Waals surface area contributed by atoms with E-state index in [2.05, 4.69) is 10.1 Å². The number of carbonyl (C=O) groups excluding carboxylic acids is 2. The third kappa shape index (κ3) is 3.73. The number of methoxy groups -OCH3 is 1. The Morgan fingerprint density at radius 1 is 1.12 bits per heavy atom. The van der Waals surface area contributed by atoms with Gasteiger partial charge in [0.1, 0.15) is 11.6 Å². The summed E-state index contributed by atoms with van der Waals surface area (Å²) in [6, 6.07) is 9.59. The molecule has 32 heavy (non-hydrogen) atoms. The van der Waals surface area contributed by atoms with Gasteiger partial charge in [-0.05, 0) is 50.2 Å². The summed E-state index contributed by atoms with van der Waals surface area (Å²) in [5.41, 5.74) is 2.10. The Kier molecular flexibility index (Phi) is 6.17. The van der Waals surface area contributed by atoms with E-state index in [0.717, 1.165) is 37.0 Å². The molecule has 0 radical (unpaired) electrons. The fourth-order valence-corrected chi connectivity index (χ4v) is 4.57. The summed E-state index contributed by atoms with van der Waals surface area (Å²) in [7, 11) is 1.49. The summed E-state index contributed by atoms with van der Waals surface area (Å²) in [5, 5.41) is 5.04. The summed E-state index contributed by atoms with van der Waals surface area (Å²) in [6.07, 6.45) is 1.77. The van der Waals surface area contributed by atoms with E-state index >= 15 is 0 Å². The zero-order chi connectivity index (χ0) is 21.5. The van der Waals surface area contributed by atoms with Crippen LogP contribution in [0.25, 0.3) is 11.0 Å². The predicted molar refractivity (Wildman–Crippen MR) is 118 cm³/mol. The SMILES string of the molecule is COc1cccc2c1C(=O)N(CCN1CCC(c3noc4cc(F)ccc34)CC1)C2=O.Cl. The molecular weight excluding hydrogens is 437 g/mol. The van der Waals surface area contributed by atoms with E-state index in [4.69, 9.17) is 9.26 Å². The van der Waals surface area contributed by atoms with Crippen molar-refractivity contribution in [1.29, 1.82) is 0 Å². The van der Waals surface area contributed by atoms with Gasteiger partial charge in [0.25, 0.3) is 11.8 Å². The molecular formula is C23H23ClFN3O4. The van der Waals surface area contributed by atoms with Crippen LogP contribution in [-0.2, 0) is 0 Å². The molecule has 2 aliphatic rings. The fourth-order valence-electron chi connectivity index (χ4n) is 4.57. The van der Waals surface area contributed by atoms with Crippen LogP contribution in [-0.4, -0.2) is 60.1 Å². The molecule has 0 aliphatic carbocycles. The fraction of sp³-hybridized carbons (Fsp3) is 0.348. The lowest BCUT2D eigenvalue weighted by Gasteiger charge is -2.32. The minimum absolute atomic E-state index is 0. The van der Waals surface area contributed by atoms with Crippen LogP contribution in [0.15, 0.2) is 40.9 Å². The molecule has 2 aliphatic heterocycles. The van der Waals surface area contributed by atoms with Crippen molar-refractivity contribution in [3.63, 3.8) is 0 Å². The lowest BCUT2D eigenvalue weighted by molar-refractivity contribution is 0.0628. The third-order valence-corrected chi connectivity index (χ3v) is 6.26. The lowest BCUT2D eigenvalue weighted by Crippen LogP contribution is -2.41. The molecule has 0 N–H and O–H groups in total. The Balaban J connectivity index is 0.00000245. The Bertz CT molecular complexity index is 1170. The predicted octanol–water partition coefficient (Wildman–Crippen LogP) is 3.87. The third-order valence-electron chi connectivity index (χ3n) is 6.26. The van der Waals surface area contributed by atoms with Gasteiger partial charge >= 0.3 is 0 Å². The van der Waals surface area contributed by atoms with Crippen molar-refractivity contribution in [3.05, 3.63) is 59.0 Å². The first kappa shape index (κ1) is 22.2. The lowest BCUT2D eigenvalue weighted by atomic mass is 9.91. The van der Waals surface area contributed by atoms with Gasteiger partial charge in [0.2, 0.25) is 0 Å². The molecule has 0 saturated carbocycles. The van der Waals surface area contributed by atoms with E-state index in [1.165, 1.54) is 24.1 Å². The van der Waals surface area contributed by atoms with Crippen LogP contribution in [0.2, 0.25) is 0 Å². The molecule has 5 rings (SSSR count). The van der Waals surface area contributed by atoms with Gasteiger partial charge in [0, 0.05) is 30.5 Å². The average molecular weight is 460 g/mol. The quantitative estimate of drug-likeness (QED) is 0.539. The Morgan fingerprint density at radius 3 is 2.66 bits per heavy atom. The van der Waals surface area contributed by atoms with Crippen molar-refractivity contribution in [2.75, 3.05) is 33.3 Å². The molecule has 0 spiro atoms. The van der Waals surface area contributed by atoms with Crippen molar-refractivity contribution in [2.24, 2.45) is 0 Å². The zero-order valence-corrected chi connectivity index (χ0v) is 18.4. The summed E-state index contributed by atoms with van der Waals surface area (Å²) >= 11 is 0. The normalized spacial score (nSPS) is 17.0. The topological polar surface area (TPSA) is 75.9 Å². The molecule has 1 aromatic heterocycles. The molecule has 9 heteroatoms. The van der Waals surface area contributed by atoms with Crippen molar-refractivity contribution in [1.82, 2.24) is 15.0 Å². The molecule has 0 bridgehead atoms. The second kappa shape index (κ2) is 8.88. The van der Waals surface area contributed by atoms with Gasteiger partial charge in [-0.15, -0.1) is 12.4 Å². The van der Waals surface area contributed by atoms with E-state index in [1.807, 2.05) is 0 Å². The first-order valence-corrected chi connectivity index (χ1v) is 10.4. The van der Waals surface area contributed by atoms with Crippen LogP contribution in [0.3, 0.4) is 0 Å². The molecule has 168 valence electrons. The Labute approximate surface area is 190 Å². The summed E-state index contributed by atoms with van der Waals surface area (Å²) in [5.74, 6) is -0.232. The van der Waals surface area contributed by atoms with E-state index in [-0.39, 0.29) is 36.0 Å². The van der Waals surface area contributed by atoms with E-state index in [1.54, 1.807) is 24.3 Å². The smallest absolute Gasteiger partial charge is 0.265 e. The number of fused-ring (bicyclic) bond motifs is 2. The number of rotatable bonds is 5. The highest BCUT2D eigenvalue weighted by Gasteiger charge is 2.38. The maximum atomic E-state index is 13.4. The minimum atomic E-state index is -0.337. The number of ether oxygens (including phenoxy) is 1. The number of carbonyl (C=O) groups is 2. The van der Waals surface area contributed by atoms with E-state index in [9.17, 15) is 14.0 Å². The number of hydrogen-bond donors (Lipinski definition) is 0. The maximum absolute atomic E-state index is 13.4. The van der Waals surface area contributed by atoms with Crippen LogP contribution in [0, 0.1) is 5.82 Å². The number of nitrogens with zero attached hydrogens (tertiary/aromatic N) is 3. The van der Waals surface area contributed by atoms with Crippen molar-refractivity contribution in [2.45, 2.75) is 18.8 Å². The minimum Gasteiger partial charge on any atom is -0.496 e. The van der Waals surface area contributed by atoms with Gasteiger partial charge in [0.15, 0.2) is 5.58 Å². The number of piperidine rings is 1. The van der Waals surface area contributed by atoms with Gasteiger partial charge in [0.05, 0.1) is 23.9 Å². The van der Waals surface area contributed by atoms with E-state index in [0.29, 0.717) is 35.5 Å². The molecule has 0 unspecified atom stereocenters. The summed E-state index contributed by atoms with van der Waals surface area (Å²) < 4.78 is 23.9. The number of aromatic nitrogens is 1. The first-order valence-electron chi connectivity index (χ1n) is 10.4. The number of benzene rings is 2. The first-order chi connectivity index (χ1) is 15.1. The monoisotopic (exact) mass is 459 g/mol. The molecule has 3 heterocycles. The molecule has 3 aromatic rings. The van der Waals surface area contributed by atoms with Gasteiger partial charge in [-0.2, -0.15) is 0 Å². The van der Waals surface area contributed by atoms with Gasteiger partial charge in [-0.1, -0.05) is 11.2 Å². The van der Waals surface area contributed by atoms with Gasteiger partial charge in [-0.3, -0.25) is 14.5 Å². The Hall–Kier alpha value is -2.97. The summed E-state index contributed by atoms with van der Waals surface area (Å²) in [6.45, 7) is 2.61. The van der Waals surface area contributed by atoms with Crippen LogP contribution >= 0.6 is 12.4 Å². The number of hydrogen-bond acceptors (Lipinski definition) is 6. The molecule has 2 aromatic carbocycles. The van der Waals surface area contributed by atoms with Crippen LogP contribution in [0.5, 0.6) is 5.75 Å². The standard InChI is InChI=1S/C23H22FN3O4.ClH/c1-30-18-4-2-3-17-20(18)23(29)27(22(17)28)12-11-26-9-7-14(8-10-26)21-16-6-5-15(24)13-19(16)31-25-21;/h2-6,13-14H,7-12H2,1H3;1H. The highest BCUT2D eigenvalue weighted by molar-refractivity contribution is 6.22. The number of imide groups is 1. The molecule has 0 atom stereocenters. The Morgan fingerprint density at radius 2 is 1.91 bits per heavy atom. The number of halogens is 2.